The van der Waals surface area contributed by atoms with E-state index in [9.17, 15) is 28.8 Å². The summed E-state index contributed by atoms with van der Waals surface area (Å²) >= 11 is 0. The number of urea groups is 1. The van der Waals surface area contributed by atoms with Gasteiger partial charge in [0.15, 0.2) is 23.0 Å². The average Bonchev–Trinajstić information content (AvgIpc) is 3.94. The second-order valence-electron chi connectivity index (χ2n) is 20.7. The van der Waals surface area contributed by atoms with Crippen molar-refractivity contribution in [2.75, 3.05) is 53.1 Å². The van der Waals surface area contributed by atoms with Gasteiger partial charge in [-0.2, -0.15) is 0 Å². The number of primary amides is 1. The molecule has 6 aromatic carbocycles. The molecule has 0 saturated carbocycles. The van der Waals surface area contributed by atoms with Crippen LogP contribution in [0.5, 0.6) is 23.0 Å². The van der Waals surface area contributed by atoms with Gasteiger partial charge in [0, 0.05) is 60.6 Å². The molecule has 4 atom stereocenters. The van der Waals surface area contributed by atoms with Crippen molar-refractivity contribution in [2.24, 2.45) is 22.4 Å². The number of carbonyl (C=O) groups is 6. The normalized spacial score (nSPS) is 16.1. The van der Waals surface area contributed by atoms with Crippen LogP contribution in [0.15, 0.2) is 120 Å². The molecule has 21 nitrogen and oxygen atoms in total. The van der Waals surface area contributed by atoms with E-state index in [2.05, 4.69) is 26.6 Å². The SMILES string of the molecule is COc1cc2c(cc1OCc1cc(COc3cc4c(cc3OC)C(=O)N3c5ccccc5C[C@H]3CN4)cc(NC(=O)OCc3ccc(NC(=O)[C@H](CCCNC(N)=O)NC(=O)[C@@H](N)C(C)C)cc3)c1)N=C[C@@H]1Cc3ccccc3N1C2=O. The molecule has 9 N–H and O–H groups in total. The van der Waals surface area contributed by atoms with Crippen LogP contribution in [-0.2, 0) is 47.0 Å². The summed E-state index contributed by atoms with van der Waals surface area (Å²) in [6, 6.07) is 31.7. The number of ether oxygens (including phenoxy) is 5. The Morgan fingerprint density at radius 1 is 0.695 bits per heavy atom. The van der Waals surface area contributed by atoms with E-state index in [0.29, 0.717) is 93.0 Å². The Morgan fingerprint density at radius 3 is 2.00 bits per heavy atom. The van der Waals surface area contributed by atoms with Gasteiger partial charge >= 0.3 is 12.1 Å². The second-order valence-corrected chi connectivity index (χ2v) is 20.7. The predicted octanol–water partition coefficient (Wildman–Crippen LogP) is 7.75. The van der Waals surface area contributed by atoms with Crippen molar-refractivity contribution in [1.29, 1.82) is 0 Å². The van der Waals surface area contributed by atoms with Crippen molar-refractivity contribution in [2.45, 2.75) is 83.5 Å². The zero-order valence-corrected chi connectivity index (χ0v) is 45.8. The van der Waals surface area contributed by atoms with Crippen LogP contribution in [0.2, 0.25) is 0 Å². The van der Waals surface area contributed by atoms with E-state index in [1.165, 1.54) is 14.2 Å². The molecule has 0 spiro atoms. The Kier molecular flexibility index (Phi) is 16.6. The molecule has 4 aliphatic rings. The van der Waals surface area contributed by atoms with E-state index in [0.717, 1.165) is 28.9 Å². The lowest BCUT2D eigenvalue weighted by molar-refractivity contribution is -0.128. The molecule has 4 heterocycles. The fraction of sp³-hybridized carbons (Fsp3) is 0.295. The van der Waals surface area contributed by atoms with Crippen molar-refractivity contribution in [3.8, 4) is 23.0 Å². The summed E-state index contributed by atoms with van der Waals surface area (Å²) in [5.41, 5.74) is 19.7. The number of benzene rings is 6. The van der Waals surface area contributed by atoms with Gasteiger partial charge in [-0.05, 0) is 108 Å². The van der Waals surface area contributed by atoms with Crippen LogP contribution in [0.4, 0.5) is 43.7 Å². The van der Waals surface area contributed by atoms with Crippen molar-refractivity contribution in [1.82, 2.24) is 10.6 Å². The Hall–Kier alpha value is -9.63. The molecular weight excluding hydrogens is 1050 g/mol. The maximum atomic E-state index is 14.2. The zero-order valence-electron chi connectivity index (χ0n) is 45.8. The van der Waals surface area contributed by atoms with Crippen molar-refractivity contribution >= 4 is 76.1 Å². The highest BCUT2D eigenvalue weighted by Crippen LogP contribution is 2.43. The molecule has 0 radical (unpaired) electrons. The molecule has 7 amide bonds. The van der Waals surface area contributed by atoms with E-state index in [1.54, 1.807) is 85.6 Å². The van der Waals surface area contributed by atoms with E-state index in [1.807, 2.05) is 59.5 Å². The maximum absolute atomic E-state index is 14.2. The fourth-order valence-corrected chi connectivity index (χ4v) is 10.5. The summed E-state index contributed by atoms with van der Waals surface area (Å²) in [7, 11) is 3.01. The summed E-state index contributed by atoms with van der Waals surface area (Å²) in [6.07, 6.45) is 2.94. The van der Waals surface area contributed by atoms with Crippen molar-refractivity contribution in [3.05, 3.63) is 154 Å². The number of nitrogens with zero attached hydrogens (tertiary/aromatic N) is 3. The van der Waals surface area contributed by atoms with Crippen LogP contribution in [0.1, 0.15) is 75.2 Å². The summed E-state index contributed by atoms with van der Waals surface area (Å²) in [5.74, 6) is -0.0905. The van der Waals surface area contributed by atoms with Crippen LogP contribution >= 0.6 is 0 Å². The quantitative estimate of drug-likeness (QED) is 0.0361. The third-order valence-electron chi connectivity index (χ3n) is 14.8. The molecule has 0 fully saturated rings. The first-order valence-electron chi connectivity index (χ1n) is 27.0. The van der Waals surface area contributed by atoms with E-state index >= 15 is 0 Å². The minimum atomic E-state index is -0.954. The van der Waals surface area contributed by atoms with Crippen molar-refractivity contribution < 1.29 is 52.5 Å². The molecule has 0 bridgehead atoms. The third-order valence-corrected chi connectivity index (χ3v) is 14.8. The van der Waals surface area contributed by atoms with E-state index < -0.39 is 36.0 Å². The standard InChI is InChI=1S/C61H64N10O11/c1-34(2)55(62)57(73)69-46(12-9-19-64-60(63)76)56(72)67-40-17-15-35(16-18-40)31-82-61(77)68-41-21-36(32-80-53-27-47-44(25-51(53)78-3)58(74)70-42(29-65-47)23-38-10-5-7-13-49(38)70)20-37(22-41)33-81-54-28-48-45(26-52(54)79-4)59(75)71-43(30-66-48)24-39-11-6-8-14-50(39)71/h5-8,10-11,13-18,20-22,25-29,34,42-43,46,55,66H,9,12,19,23-24,30-33,62H2,1-4H3,(H,67,72)(H,68,77)(H,69,73)(H3,63,64,76)/t42-,43-,46-,55-/m0/s1. The summed E-state index contributed by atoms with van der Waals surface area (Å²) in [4.78, 5) is 87.7. The number of hydrogen-bond acceptors (Lipinski definition) is 14. The smallest absolute Gasteiger partial charge is 0.411 e. The fourth-order valence-electron chi connectivity index (χ4n) is 10.5. The number of amides is 7. The number of aliphatic imine (C=N–C) groups is 1. The number of carbonyl (C=O) groups excluding carboxylic acids is 6. The lowest BCUT2D eigenvalue weighted by atomic mass is 10.0. The van der Waals surface area contributed by atoms with Crippen LogP contribution in [0, 0.1) is 5.92 Å². The van der Waals surface area contributed by atoms with Gasteiger partial charge in [-0.1, -0.05) is 62.4 Å². The third kappa shape index (κ3) is 12.2. The second kappa shape index (κ2) is 24.4. The molecule has 4 aliphatic heterocycles. The minimum absolute atomic E-state index is 0.00341. The first kappa shape index (κ1) is 55.7. The lowest BCUT2D eigenvalue weighted by Gasteiger charge is -2.22. The number of rotatable bonds is 20. The van der Waals surface area contributed by atoms with Gasteiger partial charge in [0.05, 0.1) is 54.8 Å². The van der Waals surface area contributed by atoms with Gasteiger partial charge in [-0.15, -0.1) is 0 Å². The molecule has 10 rings (SSSR count). The molecule has 0 aromatic heterocycles. The number of nitrogens with one attached hydrogen (secondary N) is 5. The minimum Gasteiger partial charge on any atom is -0.493 e. The topological polar surface area (TPSA) is 280 Å². The van der Waals surface area contributed by atoms with E-state index in [-0.39, 0.29) is 62.6 Å². The summed E-state index contributed by atoms with van der Waals surface area (Å²) in [5, 5.41) is 14.3. The largest absolute Gasteiger partial charge is 0.493 e. The number of nitrogens with two attached hydrogens (primary N) is 2. The number of hydrogen-bond donors (Lipinski definition) is 7. The van der Waals surface area contributed by atoms with Crippen LogP contribution < -0.4 is 66.8 Å². The molecule has 82 heavy (non-hydrogen) atoms. The Bertz CT molecular complexity index is 3480. The Morgan fingerprint density at radius 2 is 1.33 bits per heavy atom. The average molecular weight is 1110 g/mol. The number of methoxy groups -OCH3 is 2. The number of para-hydroxylation sites is 2. The highest BCUT2D eigenvalue weighted by Gasteiger charge is 2.39. The van der Waals surface area contributed by atoms with Gasteiger partial charge in [-0.3, -0.25) is 34.4 Å². The molecule has 6 aromatic rings. The zero-order chi connectivity index (χ0) is 57.6. The van der Waals surface area contributed by atoms with Crippen LogP contribution in [0.3, 0.4) is 0 Å². The molecule has 0 saturated heterocycles. The highest BCUT2D eigenvalue weighted by molar-refractivity contribution is 6.15. The monoisotopic (exact) mass is 1110 g/mol. The van der Waals surface area contributed by atoms with Crippen LogP contribution in [-0.4, -0.2) is 93.4 Å². The van der Waals surface area contributed by atoms with E-state index in [4.69, 9.17) is 40.1 Å². The molecule has 21 heteroatoms. The predicted molar refractivity (Wildman–Crippen MR) is 310 cm³/mol. The van der Waals surface area contributed by atoms with Gasteiger partial charge in [0.25, 0.3) is 11.8 Å². The van der Waals surface area contributed by atoms with Gasteiger partial charge < -0.3 is 61.3 Å². The van der Waals surface area contributed by atoms with Gasteiger partial charge in [0.1, 0.15) is 25.9 Å². The van der Waals surface area contributed by atoms with Crippen molar-refractivity contribution in [3.63, 3.8) is 0 Å². The van der Waals surface area contributed by atoms with Crippen LogP contribution in [0.25, 0.3) is 0 Å². The molecule has 0 unspecified atom stereocenters. The highest BCUT2D eigenvalue weighted by atomic mass is 16.5. The molecule has 424 valence electrons. The maximum Gasteiger partial charge on any atom is 0.411 e. The van der Waals surface area contributed by atoms with Gasteiger partial charge in [0.2, 0.25) is 11.8 Å². The lowest BCUT2D eigenvalue weighted by Crippen LogP contribution is -2.51. The van der Waals surface area contributed by atoms with Gasteiger partial charge in [-0.25, -0.2) is 9.59 Å². The molecule has 0 aliphatic carbocycles. The molecular formula is C61H64N10O11. The number of fused-ring (bicyclic) bond motifs is 8. The summed E-state index contributed by atoms with van der Waals surface area (Å²) < 4.78 is 30.2. The first-order chi connectivity index (χ1) is 39.6. The number of anilines is 5. The Balaban J connectivity index is 0.847. The Labute approximate surface area is 473 Å². The summed E-state index contributed by atoms with van der Waals surface area (Å²) in [6.45, 7) is 4.18. The first-order valence-corrected chi connectivity index (χ1v) is 27.0.